The lowest BCUT2D eigenvalue weighted by atomic mass is 9.67. The van der Waals surface area contributed by atoms with Crippen LogP contribution in [0.5, 0.6) is 0 Å². The molecule has 0 unspecified atom stereocenters. The molecule has 2 saturated heterocycles. The average molecular weight is 338 g/mol. The summed E-state index contributed by atoms with van der Waals surface area (Å²) in [5.41, 5.74) is 4.06. The van der Waals surface area contributed by atoms with Crippen molar-refractivity contribution in [3.05, 3.63) is 41.5 Å². The third-order valence-corrected chi connectivity index (χ3v) is 7.48. The van der Waals surface area contributed by atoms with Gasteiger partial charge in [-0.1, -0.05) is 29.8 Å². The number of para-hydroxylation sites is 1. The number of anilines is 1. The van der Waals surface area contributed by atoms with Crippen LogP contribution >= 0.6 is 0 Å². The molecule has 4 aliphatic rings. The molecule has 0 amide bonds. The number of rotatable bonds is 1. The van der Waals surface area contributed by atoms with Crippen LogP contribution in [-0.2, 0) is 14.9 Å². The molecular weight excluding hydrogens is 312 g/mol. The third-order valence-electron chi connectivity index (χ3n) is 7.48. The predicted molar refractivity (Wildman–Crippen MR) is 97.7 cm³/mol. The van der Waals surface area contributed by atoms with E-state index in [4.69, 9.17) is 4.74 Å². The monoisotopic (exact) mass is 338 g/mol. The van der Waals surface area contributed by atoms with Crippen LogP contribution in [0, 0.1) is 11.8 Å². The second-order valence-electron chi connectivity index (χ2n) is 8.14. The molecule has 1 saturated carbocycles. The quantitative estimate of drug-likeness (QED) is 0.582. The molecule has 132 valence electrons. The van der Waals surface area contributed by atoms with Gasteiger partial charge in [-0.2, -0.15) is 0 Å². The number of hydrogen-bond donors (Lipinski definition) is 0. The van der Waals surface area contributed by atoms with Gasteiger partial charge in [-0.15, -0.1) is 0 Å². The highest BCUT2D eigenvalue weighted by atomic mass is 16.5. The second kappa shape index (κ2) is 5.10. The van der Waals surface area contributed by atoms with Crippen LogP contribution in [0.4, 0.5) is 5.69 Å². The Kier molecular flexibility index (Phi) is 3.15. The summed E-state index contributed by atoms with van der Waals surface area (Å²) >= 11 is 0. The number of piperidine rings is 2. The zero-order valence-corrected chi connectivity index (χ0v) is 15.2. The predicted octanol–water partition coefficient (Wildman–Crippen LogP) is 2.59. The minimum atomic E-state index is -0.0898. The maximum Gasteiger partial charge on any atom is 0.310 e. The van der Waals surface area contributed by atoms with Gasteiger partial charge in [-0.25, -0.2) is 0 Å². The number of fused-ring (bicyclic) bond motifs is 1. The minimum Gasteiger partial charge on any atom is -0.469 e. The largest absolute Gasteiger partial charge is 0.469 e. The summed E-state index contributed by atoms with van der Waals surface area (Å²) < 4.78 is 5.36. The van der Waals surface area contributed by atoms with Crippen molar-refractivity contribution in [2.75, 3.05) is 32.1 Å². The van der Waals surface area contributed by atoms with E-state index in [0.29, 0.717) is 18.0 Å². The molecule has 3 aliphatic heterocycles. The van der Waals surface area contributed by atoms with E-state index in [9.17, 15) is 4.79 Å². The van der Waals surface area contributed by atoms with Crippen LogP contribution in [0.3, 0.4) is 0 Å². The fraction of sp³-hybridized carbons (Fsp3) is 0.571. The number of allylic oxidation sites excluding steroid dienone is 1. The molecule has 25 heavy (non-hydrogen) atoms. The summed E-state index contributed by atoms with van der Waals surface area (Å²) in [4.78, 5) is 18.1. The fourth-order valence-corrected chi connectivity index (χ4v) is 6.69. The Morgan fingerprint density at radius 1 is 1.36 bits per heavy atom. The van der Waals surface area contributed by atoms with Crippen LogP contribution in [0.1, 0.15) is 25.3 Å². The first-order valence-corrected chi connectivity index (χ1v) is 9.41. The maximum absolute atomic E-state index is 13.0. The number of esters is 1. The molecule has 1 aliphatic carbocycles. The first-order valence-electron chi connectivity index (χ1n) is 9.41. The van der Waals surface area contributed by atoms with E-state index in [1.165, 1.54) is 16.8 Å². The van der Waals surface area contributed by atoms with Gasteiger partial charge in [0.05, 0.1) is 19.1 Å². The van der Waals surface area contributed by atoms with E-state index in [1.807, 2.05) is 0 Å². The van der Waals surface area contributed by atoms with Crippen LogP contribution in [0.2, 0.25) is 0 Å². The lowest BCUT2D eigenvalue weighted by Gasteiger charge is -2.48. The molecule has 3 fully saturated rings. The normalized spacial score (nSPS) is 40.1. The Morgan fingerprint density at radius 3 is 2.92 bits per heavy atom. The van der Waals surface area contributed by atoms with Gasteiger partial charge in [-0.05, 0) is 43.9 Å². The van der Waals surface area contributed by atoms with Crippen LogP contribution in [0.25, 0.3) is 0 Å². The van der Waals surface area contributed by atoms with Gasteiger partial charge >= 0.3 is 5.97 Å². The van der Waals surface area contributed by atoms with Crippen molar-refractivity contribution in [3.8, 4) is 0 Å². The lowest BCUT2D eigenvalue weighted by molar-refractivity contribution is -0.149. The number of hydrogen-bond acceptors (Lipinski definition) is 4. The number of methoxy groups -OCH3 is 1. The average Bonchev–Trinajstić information content (AvgIpc) is 3.06. The molecule has 1 aromatic rings. The van der Waals surface area contributed by atoms with E-state index < -0.39 is 0 Å². The van der Waals surface area contributed by atoms with Crippen molar-refractivity contribution < 1.29 is 9.53 Å². The van der Waals surface area contributed by atoms with Gasteiger partial charge in [0.25, 0.3) is 0 Å². The van der Waals surface area contributed by atoms with E-state index in [2.05, 4.69) is 54.1 Å². The van der Waals surface area contributed by atoms with Gasteiger partial charge in [0.15, 0.2) is 0 Å². The summed E-state index contributed by atoms with van der Waals surface area (Å²) in [6.07, 6.45) is 4.33. The van der Waals surface area contributed by atoms with Gasteiger partial charge in [0.2, 0.25) is 0 Å². The van der Waals surface area contributed by atoms with Crippen LogP contribution in [-0.4, -0.2) is 50.2 Å². The molecule has 3 heterocycles. The van der Waals surface area contributed by atoms with Gasteiger partial charge in [0.1, 0.15) is 0 Å². The third kappa shape index (κ3) is 1.69. The molecule has 0 aromatic heterocycles. The lowest BCUT2D eigenvalue weighted by Crippen LogP contribution is -2.60. The molecule has 5 atom stereocenters. The van der Waals surface area contributed by atoms with Crippen LogP contribution < -0.4 is 4.90 Å². The van der Waals surface area contributed by atoms with Gasteiger partial charge in [0, 0.05) is 30.7 Å². The summed E-state index contributed by atoms with van der Waals surface area (Å²) in [6, 6.07) is 9.54. The number of benzene rings is 1. The first kappa shape index (κ1) is 15.4. The summed E-state index contributed by atoms with van der Waals surface area (Å²) in [5.74, 6) is 0.302. The summed E-state index contributed by atoms with van der Waals surface area (Å²) in [6.45, 7) is 4.26. The van der Waals surface area contributed by atoms with Gasteiger partial charge in [-0.3, -0.25) is 9.69 Å². The Morgan fingerprint density at radius 2 is 2.16 bits per heavy atom. The number of likely N-dealkylation sites (N-methyl/N-ethyl adjacent to an activating group) is 1. The molecule has 5 rings (SSSR count). The number of carbonyl (C=O) groups excluding carboxylic acids is 1. The van der Waals surface area contributed by atoms with Crippen molar-refractivity contribution in [1.82, 2.24) is 4.90 Å². The second-order valence-corrected chi connectivity index (χ2v) is 8.14. The topological polar surface area (TPSA) is 32.8 Å². The molecule has 0 spiro atoms. The SMILES string of the molecule is CC=C1C[C@H]2[C@H]3[C@H]4N(C)c5ccccc5[C@@]4(CCN3C1)[C@@H]2C(=O)OC. The summed E-state index contributed by atoms with van der Waals surface area (Å²) in [5, 5.41) is 0. The number of nitrogens with zero attached hydrogens (tertiary/aromatic N) is 2. The summed E-state index contributed by atoms with van der Waals surface area (Å²) in [7, 11) is 3.77. The van der Waals surface area contributed by atoms with Crippen molar-refractivity contribution in [2.24, 2.45) is 11.8 Å². The Balaban J connectivity index is 1.74. The van der Waals surface area contributed by atoms with E-state index >= 15 is 0 Å². The first-order chi connectivity index (χ1) is 12.1. The zero-order chi connectivity index (χ0) is 17.3. The minimum absolute atomic E-state index is 0.0122. The maximum atomic E-state index is 13.0. The Bertz CT molecular complexity index is 773. The fourth-order valence-electron chi connectivity index (χ4n) is 6.69. The molecule has 4 heteroatoms. The molecular formula is C21H26N2O2. The van der Waals surface area contributed by atoms with E-state index in [1.54, 1.807) is 7.11 Å². The highest BCUT2D eigenvalue weighted by Gasteiger charge is 2.71. The highest BCUT2D eigenvalue weighted by Crippen LogP contribution is 2.65. The smallest absolute Gasteiger partial charge is 0.310 e. The molecule has 0 radical (unpaired) electrons. The highest BCUT2D eigenvalue weighted by molar-refractivity contribution is 5.81. The Labute approximate surface area is 149 Å². The molecule has 2 bridgehead atoms. The molecule has 1 aromatic carbocycles. The van der Waals surface area contributed by atoms with Crippen molar-refractivity contribution in [3.63, 3.8) is 0 Å². The molecule has 4 nitrogen and oxygen atoms in total. The van der Waals surface area contributed by atoms with E-state index in [-0.39, 0.29) is 17.3 Å². The number of ether oxygens (including phenoxy) is 1. The van der Waals surface area contributed by atoms with Crippen molar-refractivity contribution in [2.45, 2.75) is 37.3 Å². The number of carbonyl (C=O) groups is 1. The molecule has 0 N–H and O–H groups in total. The zero-order valence-electron chi connectivity index (χ0n) is 15.2. The van der Waals surface area contributed by atoms with Gasteiger partial charge < -0.3 is 9.64 Å². The van der Waals surface area contributed by atoms with Crippen molar-refractivity contribution in [1.29, 1.82) is 0 Å². The van der Waals surface area contributed by atoms with E-state index in [0.717, 1.165) is 25.9 Å². The van der Waals surface area contributed by atoms with Crippen molar-refractivity contribution >= 4 is 11.7 Å². The standard InChI is InChI=1S/C21H26N2O2/c1-4-13-11-14-17(20(24)25-3)21-9-10-23(12-13)18(14)19(21)22(2)16-8-6-5-7-15(16)21/h4-8,14,17-19H,9-12H2,1-3H3/t14-,17+,18+,19-,21+/m1/s1. The Hall–Kier alpha value is -1.81. The van der Waals surface area contributed by atoms with Crippen LogP contribution in [0.15, 0.2) is 35.9 Å².